The topological polar surface area (TPSA) is 47.2 Å². The lowest BCUT2D eigenvalue weighted by molar-refractivity contribution is 0.104. The van der Waals surface area contributed by atoms with Crippen molar-refractivity contribution in [1.82, 2.24) is 25.1 Å². The molecule has 22 heavy (non-hydrogen) atoms. The molecule has 1 aromatic heterocycles. The van der Waals surface area contributed by atoms with Gasteiger partial charge in [-0.3, -0.25) is 4.90 Å². The summed E-state index contributed by atoms with van der Waals surface area (Å²) >= 11 is 0. The highest BCUT2D eigenvalue weighted by Gasteiger charge is 2.30. The highest BCUT2D eigenvalue weighted by atomic mass is 15.3. The predicted octanol–water partition coefficient (Wildman–Crippen LogP) is 1.47. The number of nitrogens with one attached hydrogen (secondary N) is 2. The Morgan fingerprint density at radius 2 is 1.86 bits per heavy atom. The lowest BCUT2D eigenvalue weighted by Crippen LogP contribution is -2.49. The number of hydrogen-bond acceptors (Lipinski definition) is 4. The maximum Gasteiger partial charge on any atom is 0.137 e. The summed E-state index contributed by atoms with van der Waals surface area (Å²) in [7, 11) is 2.20. The number of H-pyrrole nitrogens is 1. The minimum absolute atomic E-state index is 0.395. The number of likely N-dealkylation sites (N-methyl/N-ethyl adjacent to an activating group) is 1. The molecule has 0 amide bonds. The Kier molecular flexibility index (Phi) is 3.70. The minimum Gasteiger partial charge on any atom is -0.340 e. The van der Waals surface area contributed by atoms with Crippen molar-refractivity contribution in [2.45, 2.75) is 12.6 Å². The van der Waals surface area contributed by atoms with Gasteiger partial charge in [-0.2, -0.15) is 0 Å². The molecule has 116 valence electrons. The van der Waals surface area contributed by atoms with E-state index < -0.39 is 0 Å². The lowest BCUT2D eigenvalue weighted by Gasteiger charge is -2.39. The number of aromatic amines is 1. The van der Waals surface area contributed by atoms with Crippen LogP contribution >= 0.6 is 0 Å². The number of fused-ring (bicyclic) bond motifs is 1. The zero-order chi connectivity index (χ0) is 14.9. The molecule has 2 N–H and O–H groups in total. The summed E-state index contributed by atoms with van der Waals surface area (Å²) in [4.78, 5) is 13.4. The lowest BCUT2D eigenvalue weighted by atomic mass is 10.1. The molecule has 2 aromatic rings. The van der Waals surface area contributed by atoms with Crippen LogP contribution in [0.25, 0.3) is 11.4 Å². The van der Waals surface area contributed by atoms with Crippen molar-refractivity contribution in [3.63, 3.8) is 0 Å². The number of piperazine rings is 1. The first-order chi connectivity index (χ1) is 10.8. The molecule has 0 radical (unpaired) electrons. The Hall–Kier alpha value is -1.69. The van der Waals surface area contributed by atoms with Gasteiger partial charge < -0.3 is 15.2 Å². The van der Waals surface area contributed by atoms with Gasteiger partial charge in [0.2, 0.25) is 0 Å². The van der Waals surface area contributed by atoms with Crippen LogP contribution in [-0.2, 0) is 6.54 Å². The van der Waals surface area contributed by atoms with Gasteiger partial charge in [-0.15, -0.1) is 0 Å². The van der Waals surface area contributed by atoms with Crippen molar-refractivity contribution in [2.75, 3.05) is 39.8 Å². The third kappa shape index (κ3) is 2.56. The zero-order valence-corrected chi connectivity index (χ0v) is 13.0. The van der Waals surface area contributed by atoms with E-state index in [1.54, 1.807) is 0 Å². The summed E-state index contributed by atoms with van der Waals surface area (Å²) in [6.45, 7) is 6.41. The van der Waals surface area contributed by atoms with Crippen LogP contribution in [0, 0.1) is 0 Å². The van der Waals surface area contributed by atoms with Crippen LogP contribution in [0.5, 0.6) is 0 Å². The summed E-state index contributed by atoms with van der Waals surface area (Å²) in [5.41, 5.74) is 3.64. The second kappa shape index (κ2) is 5.83. The van der Waals surface area contributed by atoms with Crippen LogP contribution in [0.3, 0.4) is 0 Å². The summed E-state index contributed by atoms with van der Waals surface area (Å²) in [5, 5.41) is 3.54. The van der Waals surface area contributed by atoms with Gasteiger partial charge in [-0.25, -0.2) is 4.98 Å². The third-order valence-corrected chi connectivity index (χ3v) is 4.79. The van der Waals surface area contributed by atoms with Crippen LogP contribution < -0.4 is 5.32 Å². The Labute approximate surface area is 131 Å². The Balaban J connectivity index is 1.62. The van der Waals surface area contributed by atoms with Crippen molar-refractivity contribution in [1.29, 1.82) is 0 Å². The normalized spacial score (nSPS) is 23.4. The van der Waals surface area contributed by atoms with E-state index in [4.69, 9.17) is 4.98 Å². The molecule has 5 heteroatoms. The first-order valence-corrected chi connectivity index (χ1v) is 8.09. The number of aromatic nitrogens is 2. The molecule has 3 heterocycles. The highest BCUT2D eigenvalue weighted by Crippen LogP contribution is 2.29. The summed E-state index contributed by atoms with van der Waals surface area (Å²) < 4.78 is 0. The maximum absolute atomic E-state index is 4.95. The zero-order valence-electron chi connectivity index (χ0n) is 13.0. The van der Waals surface area contributed by atoms with Crippen LogP contribution in [0.4, 0.5) is 0 Å². The standard InChI is InChI=1S/C17H23N5/c1-21-7-9-22(10-8-21)15-12-18-11-14-16(15)20-17(19-14)13-5-3-2-4-6-13/h2-6,15,18H,7-12H2,1H3,(H,19,20). The summed E-state index contributed by atoms with van der Waals surface area (Å²) in [5.74, 6) is 0.994. The van der Waals surface area contributed by atoms with Crippen molar-refractivity contribution >= 4 is 0 Å². The van der Waals surface area contributed by atoms with E-state index >= 15 is 0 Å². The first kappa shape index (κ1) is 13.9. The van der Waals surface area contributed by atoms with Gasteiger partial charge >= 0.3 is 0 Å². The molecule has 2 aliphatic rings. The van der Waals surface area contributed by atoms with Crippen molar-refractivity contribution < 1.29 is 0 Å². The minimum atomic E-state index is 0.395. The van der Waals surface area contributed by atoms with Gasteiger partial charge in [0.25, 0.3) is 0 Å². The molecular formula is C17H23N5. The van der Waals surface area contributed by atoms with E-state index in [9.17, 15) is 0 Å². The van der Waals surface area contributed by atoms with Crippen LogP contribution in [0.15, 0.2) is 30.3 Å². The molecule has 0 bridgehead atoms. The Morgan fingerprint density at radius 3 is 2.64 bits per heavy atom. The fourth-order valence-electron chi connectivity index (χ4n) is 3.43. The quantitative estimate of drug-likeness (QED) is 0.881. The Bertz CT molecular complexity index is 628. The average Bonchev–Trinajstić information content (AvgIpc) is 3.01. The molecule has 1 aromatic carbocycles. The molecule has 0 aliphatic carbocycles. The van der Waals surface area contributed by atoms with Gasteiger partial charge in [0.05, 0.1) is 17.4 Å². The second-order valence-corrected chi connectivity index (χ2v) is 6.30. The number of hydrogen-bond donors (Lipinski definition) is 2. The summed E-state index contributed by atoms with van der Waals surface area (Å²) in [6.07, 6.45) is 0. The summed E-state index contributed by atoms with van der Waals surface area (Å²) in [6, 6.07) is 10.8. The highest BCUT2D eigenvalue weighted by molar-refractivity contribution is 5.56. The molecule has 4 rings (SSSR count). The van der Waals surface area contributed by atoms with E-state index in [2.05, 4.69) is 51.4 Å². The monoisotopic (exact) mass is 297 g/mol. The number of rotatable bonds is 2. The van der Waals surface area contributed by atoms with Crippen molar-refractivity contribution in [2.24, 2.45) is 0 Å². The molecule has 1 saturated heterocycles. The van der Waals surface area contributed by atoms with E-state index in [0.717, 1.165) is 50.7 Å². The largest absolute Gasteiger partial charge is 0.340 e. The predicted molar refractivity (Wildman–Crippen MR) is 87.5 cm³/mol. The smallest absolute Gasteiger partial charge is 0.137 e. The molecule has 1 unspecified atom stereocenters. The number of imidazole rings is 1. The first-order valence-electron chi connectivity index (χ1n) is 8.09. The van der Waals surface area contributed by atoms with Crippen molar-refractivity contribution in [3.05, 3.63) is 41.7 Å². The molecule has 5 nitrogen and oxygen atoms in total. The Morgan fingerprint density at radius 1 is 1.09 bits per heavy atom. The van der Waals surface area contributed by atoms with E-state index in [1.165, 1.54) is 11.4 Å². The van der Waals surface area contributed by atoms with Gasteiger partial charge in [0, 0.05) is 44.8 Å². The van der Waals surface area contributed by atoms with Crippen LogP contribution in [0.1, 0.15) is 17.4 Å². The molecule has 1 atom stereocenters. The average molecular weight is 297 g/mol. The van der Waals surface area contributed by atoms with Crippen LogP contribution in [-0.4, -0.2) is 59.5 Å². The molecular weight excluding hydrogens is 274 g/mol. The van der Waals surface area contributed by atoms with E-state index in [-0.39, 0.29) is 0 Å². The van der Waals surface area contributed by atoms with Crippen molar-refractivity contribution in [3.8, 4) is 11.4 Å². The van der Waals surface area contributed by atoms with E-state index in [0.29, 0.717) is 6.04 Å². The SMILES string of the molecule is CN1CCN(C2CNCc3[nH]c(-c4ccccc4)nc32)CC1. The fourth-order valence-corrected chi connectivity index (χ4v) is 3.43. The molecule has 0 saturated carbocycles. The van der Waals surface area contributed by atoms with Gasteiger partial charge in [-0.05, 0) is 7.05 Å². The van der Waals surface area contributed by atoms with E-state index in [1.807, 2.05) is 6.07 Å². The van der Waals surface area contributed by atoms with Gasteiger partial charge in [0.15, 0.2) is 0 Å². The molecule has 1 fully saturated rings. The molecule has 2 aliphatic heterocycles. The van der Waals surface area contributed by atoms with Gasteiger partial charge in [0.1, 0.15) is 5.82 Å². The fraction of sp³-hybridized carbons (Fsp3) is 0.471. The molecule has 0 spiro atoms. The second-order valence-electron chi connectivity index (χ2n) is 6.30. The third-order valence-electron chi connectivity index (χ3n) is 4.79. The van der Waals surface area contributed by atoms with Crippen LogP contribution in [0.2, 0.25) is 0 Å². The number of benzene rings is 1. The van der Waals surface area contributed by atoms with Gasteiger partial charge in [-0.1, -0.05) is 30.3 Å². The maximum atomic E-state index is 4.95. The number of nitrogens with zero attached hydrogens (tertiary/aromatic N) is 3.